The van der Waals surface area contributed by atoms with Crippen LogP contribution in [0.5, 0.6) is 0 Å². The van der Waals surface area contributed by atoms with Crippen molar-refractivity contribution < 1.29 is 0 Å². The van der Waals surface area contributed by atoms with Crippen LogP contribution in [0.2, 0.25) is 0 Å². The fourth-order valence-corrected chi connectivity index (χ4v) is 4.31. The van der Waals surface area contributed by atoms with Gasteiger partial charge in [0.1, 0.15) is 5.82 Å². The molecule has 0 N–H and O–H groups in total. The normalized spacial score (nSPS) is 23.1. The fraction of sp³-hybridized carbons (Fsp3) is 0.722. The number of rotatable bonds is 5. The standard InChI is InChI=1S/C18H27ClN2/c1-2-6-16-11-14(13-19)12-18(20-16)21-10-5-9-17(21)15-7-3-4-8-15/h11-12,15,17H,2-10,13H2,1H3. The Morgan fingerprint density at radius 1 is 1.19 bits per heavy atom. The van der Waals surface area contributed by atoms with Crippen molar-refractivity contribution in [1.82, 2.24) is 4.98 Å². The molecule has 2 heterocycles. The van der Waals surface area contributed by atoms with Crippen molar-refractivity contribution in [2.45, 2.75) is 70.2 Å². The Hall–Kier alpha value is -0.760. The maximum Gasteiger partial charge on any atom is 0.129 e. The lowest BCUT2D eigenvalue weighted by Crippen LogP contribution is -2.35. The van der Waals surface area contributed by atoms with Gasteiger partial charge >= 0.3 is 0 Å². The van der Waals surface area contributed by atoms with Gasteiger partial charge in [0, 0.05) is 24.2 Å². The van der Waals surface area contributed by atoms with Gasteiger partial charge in [-0.1, -0.05) is 26.2 Å². The largest absolute Gasteiger partial charge is 0.353 e. The first-order valence-electron chi connectivity index (χ1n) is 8.64. The SMILES string of the molecule is CCCc1cc(CCl)cc(N2CCCC2C2CCCC2)n1. The summed E-state index contributed by atoms with van der Waals surface area (Å²) in [5.74, 6) is 2.67. The molecule has 2 fully saturated rings. The molecule has 116 valence electrons. The van der Waals surface area contributed by atoms with Gasteiger partial charge in [0.15, 0.2) is 0 Å². The highest BCUT2D eigenvalue weighted by Crippen LogP contribution is 2.37. The lowest BCUT2D eigenvalue weighted by atomic mass is 9.96. The van der Waals surface area contributed by atoms with E-state index in [1.165, 1.54) is 62.1 Å². The van der Waals surface area contributed by atoms with Crippen LogP contribution in [0.25, 0.3) is 0 Å². The molecule has 1 atom stereocenters. The molecule has 0 radical (unpaired) electrons. The molecule has 2 aliphatic rings. The van der Waals surface area contributed by atoms with Gasteiger partial charge in [-0.2, -0.15) is 0 Å². The lowest BCUT2D eigenvalue weighted by molar-refractivity contribution is 0.429. The summed E-state index contributed by atoms with van der Waals surface area (Å²) in [6.45, 7) is 3.39. The van der Waals surface area contributed by atoms with Crippen molar-refractivity contribution in [3.05, 3.63) is 23.4 Å². The zero-order valence-electron chi connectivity index (χ0n) is 13.2. The van der Waals surface area contributed by atoms with Crippen molar-refractivity contribution in [2.24, 2.45) is 5.92 Å². The maximum absolute atomic E-state index is 6.09. The van der Waals surface area contributed by atoms with E-state index in [2.05, 4.69) is 24.0 Å². The Labute approximate surface area is 133 Å². The van der Waals surface area contributed by atoms with E-state index >= 15 is 0 Å². The van der Waals surface area contributed by atoms with E-state index in [9.17, 15) is 0 Å². The molecular weight excluding hydrogens is 280 g/mol. The van der Waals surface area contributed by atoms with Crippen LogP contribution < -0.4 is 4.90 Å². The predicted octanol–water partition coefficient (Wildman–Crippen LogP) is 4.93. The predicted molar refractivity (Wildman–Crippen MR) is 90.1 cm³/mol. The van der Waals surface area contributed by atoms with Crippen LogP contribution in [-0.4, -0.2) is 17.6 Å². The van der Waals surface area contributed by atoms with E-state index in [0.717, 1.165) is 24.8 Å². The number of hydrogen-bond donors (Lipinski definition) is 0. The first-order valence-corrected chi connectivity index (χ1v) is 9.17. The Morgan fingerprint density at radius 3 is 2.71 bits per heavy atom. The summed E-state index contributed by atoms with van der Waals surface area (Å²) in [7, 11) is 0. The number of pyridine rings is 1. The lowest BCUT2D eigenvalue weighted by Gasteiger charge is -2.31. The topological polar surface area (TPSA) is 16.1 Å². The third-order valence-electron chi connectivity index (χ3n) is 5.12. The molecule has 0 amide bonds. The van der Waals surface area contributed by atoms with Crippen LogP contribution >= 0.6 is 11.6 Å². The highest BCUT2D eigenvalue weighted by atomic mass is 35.5. The number of aromatic nitrogens is 1. The monoisotopic (exact) mass is 306 g/mol. The first kappa shape index (κ1) is 15.1. The van der Waals surface area contributed by atoms with E-state index in [1.54, 1.807) is 0 Å². The molecule has 1 saturated heterocycles. The minimum absolute atomic E-state index is 0.591. The van der Waals surface area contributed by atoms with E-state index in [1.807, 2.05) is 0 Å². The Kier molecular flexibility index (Phi) is 5.05. The Balaban J connectivity index is 1.85. The van der Waals surface area contributed by atoms with Crippen LogP contribution in [0.4, 0.5) is 5.82 Å². The van der Waals surface area contributed by atoms with Crippen LogP contribution in [0.1, 0.15) is 63.1 Å². The van der Waals surface area contributed by atoms with Gasteiger partial charge in [0.25, 0.3) is 0 Å². The van der Waals surface area contributed by atoms with Crippen molar-refractivity contribution in [1.29, 1.82) is 0 Å². The molecule has 1 unspecified atom stereocenters. The third kappa shape index (κ3) is 3.36. The molecule has 1 saturated carbocycles. The molecule has 0 bridgehead atoms. The Bertz CT molecular complexity index is 468. The van der Waals surface area contributed by atoms with Crippen molar-refractivity contribution in [3.63, 3.8) is 0 Å². The molecule has 3 rings (SSSR count). The van der Waals surface area contributed by atoms with Crippen LogP contribution in [0, 0.1) is 5.92 Å². The zero-order chi connectivity index (χ0) is 14.7. The molecule has 21 heavy (non-hydrogen) atoms. The first-order chi connectivity index (χ1) is 10.3. The molecule has 1 aromatic heterocycles. The maximum atomic E-state index is 6.09. The molecule has 3 heteroatoms. The summed E-state index contributed by atoms with van der Waals surface area (Å²) in [4.78, 5) is 7.53. The smallest absolute Gasteiger partial charge is 0.129 e. The second kappa shape index (κ2) is 7.00. The molecule has 2 nitrogen and oxygen atoms in total. The van der Waals surface area contributed by atoms with Gasteiger partial charge < -0.3 is 4.90 Å². The van der Waals surface area contributed by atoms with E-state index in [4.69, 9.17) is 16.6 Å². The summed E-state index contributed by atoms with van der Waals surface area (Å²) in [5, 5.41) is 0. The number of hydrogen-bond acceptors (Lipinski definition) is 2. The quantitative estimate of drug-likeness (QED) is 0.717. The zero-order valence-corrected chi connectivity index (χ0v) is 13.9. The van der Waals surface area contributed by atoms with Gasteiger partial charge in [0.2, 0.25) is 0 Å². The number of halogens is 1. The number of anilines is 1. The summed E-state index contributed by atoms with van der Waals surface area (Å²) >= 11 is 6.09. The molecule has 1 aliphatic heterocycles. The van der Waals surface area contributed by atoms with Crippen molar-refractivity contribution in [3.8, 4) is 0 Å². The number of aryl methyl sites for hydroxylation is 1. The van der Waals surface area contributed by atoms with Gasteiger partial charge in [-0.3, -0.25) is 0 Å². The van der Waals surface area contributed by atoms with Gasteiger partial charge in [-0.25, -0.2) is 4.98 Å². The van der Waals surface area contributed by atoms with Crippen molar-refractivity contribution in [2.75, 3.05) is 11.4 Å². The minimum atomic E-state index is 0.591. The minimum Gasteiger partial charge on any atom is -0.353 e. The van der Waals surface area contributed by atoms with Gasteiger partial charge in [-0.15, -0.1) is 11.6 Å². The highest BCUT2D eigenvalue weighted by Gasteiger charge is 2.34. The summed E-state index contributed by atoms with van der Waals surface area (Å²) in [6.07, 6.45) is 10.5. The summed E-state index contributed by atoms with van der Waals surface area (Å²) < 4.78 is 0. The van der Waals surface area contributed by atoms with Gasteiger partial charge in [-0.05, 0) is 55.7 Å². The number of alkyl halides is 1. The molecule has 1 aliphatic carbocycles. The highest BCUT2D eigenvalue weighted by molar-refractivity contribution is 6.17. The average molecular weight is 307 g/mol. The second-order valence-corrected chi connectivity index (χ2v) is 6.92. The van der Waals surface area contributed by atoms with Crippen LogP contribution in [-0.2, 0) is 12.3 Å². The van der Waals surface area contributed by atoms with E-state index in [0.29, 0.717) is 5.88 Å². The molecule has 1 aromatic rings. The van der Waals surface area contributed by atoms with Crippen LogP contribution in [0.3, 0.4) is 0 Å². The summed E-state index contributed by atoms with van der Waals surface area (Å²) in [6, 6.07) is 5.13. The van der Waals surface area contributed by atoms with E-state index in [-0.39, 0.29) is 0 Å². The molecule has 0 aromatic carbocycles. The molecule has 0 spiro atoms. The number of nitrogens with zero attached hydrogens (tertiary/aromatic N) is 2. The van der Waals surface area contributed by atoms with Gasteiger partial charge in [0.05, 0.1) is 0 Å². The van der Waals surface area contributed by atoms with Crippen LogP contribution in [0.15, 0.2) is 12.1 Å². The van der Waals surface area contributed by atoms with Crippen molar-refractivity contribution >= 4 is 17.4 Å². The Morgan fingerprint density at radius 2 is 2.00 bits per heavy atom. The summed E-state index contributed by atoms with van der Waals surface area (Å²) in [5.41, 5.74) is 2.44. The van der Waals surface area contributed by atoms with E-state index < -0.39 is 0 Å². The molecular formula is C18H27ClN2. The third-order valence-corrected chi connectivity index (χ3v) is 5.43. The fourth-order valence-electron chi connectivity index (χ4n) is 4.15. The second-order valence-electron chi connectivity index (χ2n) is 6.66. The average Bonchev–Trinajstić information content (AvgIpc) is 3.17.